The molecule has 0 radical (unpaired) electrons. The van der Waals surface area contributed by atoms with Gasteiger partial charge in [0.05, 0.1) is 11.3 Å². The molecule has 0 aliphatic carbocycles. The maximum Gasteiger partial charge on any atom is 0.273 e. The highest BCUT2D eigenvalue weighted by atomic mass is 79.9. The smallest absolute Gasteiger partial charge is 0.273 e. The Morgan fingerprint density at radius 3 is 2.68 bits per heavy atom. The van der Waals surface area contributed by atoms with E-state index in [0.29, 0.717) is 15.6 Å². The third-order valence-electron chi connectivity index (χ3n) is 3.02. The van der Waals surface area contributed by atoms with Crippen LogP contribution in [0.15, 0.2) is 46.9 Å². The van der Waals surface area contributed by atoms with Crippen LogP contribution in [0.4, 0.5) is 10.1 Å². The van der Waals surface area contributed by atoms with Crippen molar-refractivity contribution in [3.05, 3.63) is 74.0 Å². The van der Waals surface area contributed by atoms with Gasteiger partial charge in [-0.2, -0.15) is 0 Å². The SMILES string of the molecule is O=C(Cc1ccccc1[N+](=O)[O-])NCc1cc(F)ccc1Br. The molecule has 1 amide bonds. The van der Waals surface area contributed by atoms with E-state index in [4.69, 9.17) is 0 Å². The van der Waals surface area contributed by atoms with E-state index >= 15 is 0 Å². The summed E-state index contributed by atoms with van der Waals surface area (Å²) in [5.41, 5.74) is 0.837. The number of rotatable bonds is 5. The number of para-hydroxylation sites is 1. The summed E-state index contributed by atoms with van der Waals surface area (Å²) in [6, 6.07) is 10.3. The summed E-state index contributed by atoms with van der Waals surface area (Å²) >= 11 is 3.27. The van der Waals surface area contributed by atoms with Gasteiger partial charge >= 0.3 is 0 Å². The molecule has 22 heavy (non-hydrogen) atoms. The van der Waals surface area contributed by atoms with E-state index in [0.717, 1.165) is 0 Å². The highest BCUT2D eigenvalue weighted by Crippen LogP contribution is 2.19. The molecule has 0 aliphatic heterocycles. The standard InChI is InChI=1S/C15H12BrFN2O3/c16-13-6-5-12(17)7-11(13)9-18-15(20)8-10-3-1-2-4-14(10)19(21)22/h1-7H,8-9H2,(H,18,20). The zero-order chi connectivity index (χ0) is 16.1. The number of hydrogen-bond donors (Lipinski definition) is 1. The molecule has 0 atom stereocenters. The number of nitro groups is 1. The van der Waals surface area contributed by atoms with E-state index in [2.05, 4.69) is 21.2 Å². The van der Waals surface area contributed by atoms with Crippen molar-refractivity contribution in [3.63, 3.8) is 0 Å². The van der Waals surface area contributed by atoms with Crippen LogP contribution >= 0.6 is 15.9 Å². The second-order valence-electron chi connectivity index (χ2n) is 4.58. The summed E-state index contributed by atoms with van der Waals surface area (Å²) < 4.78 is 13.8. The minimum atomic E-state index is -0.522. The lowest BCUT2D eigenvalue weighted by Gasteiger charge is -2.08. The van der Waals surface area contributed by atoms with E-state index < -0.39 is 10.7 Å². The lowest BCUT2D eigenvalue weighted by molar-refractivity contribution is -0.385. The van der Waals surface area contributed by atoms with E-state index in [1.807, 2.05) is 0 Å². The van der Waals surface area contributed by atoms with Crippen LogP contribution in [0, 0.1) is 15.9 Å². The van der Waals surface area contributed by atoms with Gasteiger partial charge in [-0.15, -0.1) is 0 Å². The Morgan fingerprint density at radius 1 is 1.23 bits per heavy atom. The molecule has 1 N–H and O–H groups in total. The monoisotopic (exact) mass is 366 g/mol. The molecule has 0 aromatic heterocycles. The number of nitrogens with one attached hydrogen (secondary N) is 1. The fourth-order valence-corrected chi connectivity index (χ4v) is 2.33. The molecule has 2 aromatic rings. The average molecular weight is 367 g/mol. The van der Waals surface area contributed by atoms with Crippen molar-refractivity contribution in [2.75, 3.05) is 0 Å². The number of nitrogens with zero attached hydrogens (tertiary/aromatic N) is 1. The summed E-state index contributed by atoms with van der Waals surface area (Å²) in [6.45, 7) is 0.137. The van der Waals surface area contributed by atoms with Crippen LogP contribution in [0.1, 0.15) is 11.1 Å². The molecular weight excluding hydrogens is 355 g/mol. The largest absolute Gasteiger partial charge is 0.352 e. The van der Waals surface area contributed by atoms with E-state index in [1.165, 1.54) is 24.3 Å². The van der Waals surface area contributed by atoms with Gasteiger partial charge < -0.3 is 5.32 Å². The van der Waals surface area contributed by atoms with Gasteiger partial charge in [-0.1, -0.05) is 34.1 Å². The van der Waals surface area contributed by atoms with Crippen LogP contribution in [0.25, 0.3) is 0 Å². The van der Waals surface area contributed by atoms with Crippen LogP contribution in [-0.2, 0) is 17.8 Å². The Morgan fingerprint density at radius 2 is 1.95 bits per heavy atom. The molecule has 2 aromatic carbocycles. The Balaban J connectivity index is 2.02. The molecule has 0 fully saturated rings. The Bertz CT molecular complexity index is 722. The number of nitro benzene ring substituents is 1. The zero-order valence-electron chi connectivity index (χ0n) is 11.4. The Hall–Kier alpha value is -2.28. The van der Waals surface area contributed by atoms with E-state index in [-0.39, 0.29) is 24.6 Å². The molecule has 114 valence electrons. The lowest BCUT2D eigenvalue weighted by atomic mass is 10.1. The quantitative estimate of drug-likeness (QED) is 0.651. The van der Waals surface area contributed by atoms with E-state index in [1.54, 1.807) is 18.2 Å². The molecule has 0 unspecified atom stereocenters. The van der Waals surface area contributed by atoms with E-state index in [9.17, 15) is 19.3 Å². The molecule has 0 saturated heterocycles. The van der Waals surface area contributed by atoms with Crippen molar-refractivity contribution in [1.29, 1.82) is 0 Å². The first kappa shape index (κ1) is 16.1. The summed E-state index contributed by atoms with van der Waals surface area (Å²) in [6.07, 6.45) is -0.107. The van der Waals surface area contributed by atoms with Crippen molar-refractivity contribution in [2.24, 2.45) is 0 Å². The molecule has 0 aliphatic rings. The number of benzene rings is 2. The molecular formula is C15H12BrFN2O3. The predicted octanol–water partition coefficient (Wildman–Crippen LogP) is 3.36. The minimum absolute atomic E-state index is 0.0930. The van der Waals surface area contributed by atoms with Gasteiger partial charge in [-0.05, 0) is 23.8 Å². The molecule has 0 heterocycles. The first-order valence-electron chi connectivity index (χ1n) is 6.40. The summed E-state index contributed by atoms with van der Waals surface area (Å²) in [7, 11) is 0. The fourth-order valence-electron chi connectivity index (χ4n) is 1.95. The second kappa shape index (κ2) is 7.13. The minimum Gasteiger partial charge on any atom is -0.352 e. The van der Waals surface area contributed by atoms with Crippen molar-refractivity contribution >= 4 is 27.5 Å². The Labute approximate surface area is 134 Å². The molecule has 7 heteroatoms. The van der Waals surface area contributed by atoms with Crippen LogP contribution in [0.3, 0.4) is 0 Å². The van der Waals surface area contributed by atoms with Gasteiger partial charge in [0.1, 0.15) is 5.82 Å². The third-order valence-corrected chi connectivity index (χ3v) is 3.80. The van der Waals surface area contributed by atoms with Gasteiger partial charge in [-0.25, -0.2) is 4.39 Å². The summed E-state index contributed by atoms with van der Waals surface area (Å²) in [5.74, 6) is -0.767. The van der Waals surface area contributed by atoms with Crippen molar-refractivity contribution in [1.82, 2.24) is 5.32 Å². The maximum absolute atomic E-state index is 13.2. The summed E-state index contributed by atoms with van der Waals surface area (Å²) in [5, 5.41) is 13.5. The van der Waals surface area contributed by atoms with Gasteiger partial charge in [-0.3, -0.25) is 14.9 Å². The topological polar surface area (TPSA) is 72.2 Å². The number of halogens is 2. The van der Waals surface area contributed by atoms with Gasteiger partial charge in [0.2, 0.25) is 5.91 Å². The van der Waals surface area contributed by atoms with Crippen molar-refractivity contribution < 1.29 is 14.1 Å². The summed E-state index contributed by atoms with van der Waals surface area (Å²) in [4.78, 5) is 22.3. The van der Waals surface area contributed by atoms with Gasteiger partial charge in [0, 0.05) is 22.6 Å². The van der Waals surface area contributed by atoms with Crippen LogP contribution < -0.4 is 5.32 Å². The third kappa shape index (κ3) is 4.11. The normalized spacial score (nSPS) is 10.3. The molecule has 0 bridgehead atoms. The molecule has 5 nitrogen and oxygen atoms in total. The fraction of sp³-hybridized carbons (Fsp3) is 0.133. The van der Waals surface area contributed by atoms with Crippen molar-refractivity contribution in [2.45, 2.75) is 13.0 Å². The number of carbonyl (C=O) groups is 1. The second-order valence-corrected chi connectivity index (χ2v) is 5.43. The number of hydrogen-bond acceptors (Lipinski definition) is 3. The predicted molar refractivity (Wildman–Crippen MR) is 82.7 cm³/mol. The first-order chi connectivity index (χ1) is 10.5. The van der Waals surface area contributed by atoms with Crippen molar-refractivity contribution in [3.8, 4) is 0 Å². The zero-order valence-corrected chi connectivity index (χ0v) is 13.0. The first-order valence-corrected chi connectivity index (χ1v) is 7.19. The average Bonchev–Trinajstić information content (AvgIpc) is 2.48. The van der Waals surface area contributed by atoms with Gasteiger partial charge in [0.15, 0.2) is 0 Å². The highest BCUT2D eigenvalue weighted by Gasteiger charge is 2.15. The molecule has 0 spiro atoms. The van der Waals surface area contributed by atoms with Crippen LogP contribution in [-0.4, -0.2) is 10.8 Å². The number of amides is 1. The van der Waals surface area contributed by atoms with Crippen LogP contribution in [0.5, 0.6) is 0 Å². The Kier molecular flexibility index (Phi) is 5.21. The van der Waals surface area contributed by atoms with Gasteiger partial charge in [0.25, 0.3) is 5.69 Å². The molecule has 0 saturated carbocycles. The molecule has 2 rings (SSSR count). The van der Waals surface area contributed by atoms with Crippen LogP contribution in [0.2, 0.25) is 0 Å². The number of carbonyl (C=O) groups excluding carboxylic acids is 1. The lowest BCUT2D eigenvalue weighted by Crippen LogP contribution is -2.25. The highest BCUT2D eigenvalue weighted by molar-refractivity contribution is 9.10. The maximum atomic E-state index is 13.2.